The number of fused-ring (bicyclic) bond motifs is 1. The lowest BCUT2D eigenvalue weighted by atomic mass is 10.1. The van der Waals surface area contributed by atoms with E-state index in [9.17, 15) is 5.11 Å². The van der Waals surface area contributed by atoms with Crippen LogP contribution in [-0.2, 0) is 6.61 Å². The molecule has 0 atom stereocenters. The van der Waals surface area contributed by atoms with Crippen LogP contribution in [0.5, 0.6) is 5.75 Å². The molecule has 3 heteroatoms. The highest BCUT2D eigenvalue weighted by Crippen LogP contribution is 2.26. The first kappa shape index (κ1) is 9.93. The second kappa shape index (κ2) is 3.87. The van der Waals surface area contributed by atoms with Crippen molar-refractivity contribution in [3.63, 3.8) is 0 Å². The van der Waals surface area contributed by atoms with Crippen molar-refractivity contribution >= 4 is 10.9 Å². The monoisotopic (exact) mass is 203 g/mol. The molecule has 0 radical (unpaired) electrons. The van der Waals surface area contributed by atoms with Crippen molar-refractivity contribution in [2.45, 2.75) is 13.5 Å². The number of pyridine rings is 1. The Labute approximate surface area is 88.3 Å². The van der Waals surface area contributed by atoms with E-state index < -0.39 is 0 Å². The van der Waals surface area contributed by atoms with E-state index in [0.29, 0.717) is 0 Å². The molecule has 0 saturated heterocycles. The minimum absolute atomic E-state index is 0.0209. The van der Waals surface area contributed by atoms with Crippen LogP contribution in [0.3, 0.4) is 0 Å². The summed E-state index contributed by atoms with van der Waals surface area (Å²) in [4.78, 5) is 4.42. The van der Waals surface area contributed by atoms with E-state index in [1.807, 2.05) is 31.2 Å². The number of para-hydroxylation sites is 1. The molecule has 15 heavy (non-hydrogen) atoms. The first-order valence-corrected chi connectivity index (χ1v) is 4.80. The summed E-state index contributed by atoms with van der Waals surface area (Å²) in [6.07, 6.45) is 0. The van der Waals surface area contributed by atoms with Gasteiger partial charge in [-0.3, -0.25) is 0 Å². The van der Waals surface area contributed by atoms with Crippen molar-refractivity contribution in [3.05, 3.63) is 35.5 Å². The van der Waals surface area contributed by atoms with E-state index in [4.69, 9.17) is 4.74 Å². The Kier molecular flexibility index (Phi) is 2.56. The summed E-state index contributed by atoms with van der Waals surface area (Å²) in [5.74, 6) is 0.742. The molecular weight excluding hydrogens is 190 g/mol. The van der Waals surface area contributed by atoms with Crippen molar-refractivity contribution < 1.29 is 9.84 Å². The summed E-state index contributed by atoms with van der Waals surface area (Å²) in [7, 11) is 1.62. The summed E-state index contributed by atoms with van der Waals surface area (Å²) in [6, 6.07) is 7.60. The molecule has 0 aliphatic rings. The molecule has 0 amide bonds. The van der Waals surface area contributed by atoms with E-state index in [2.05, 4.69) is 4.98 Å². The lowest BCUT2D eigenvalue weighted by molar-refractivity contribution is 0.283. The number of aliphatic hydroxyl groups excluding tert-OH is 1. The number of aromatic nitrogens is 1. The van der Waals surface area contributed by atoms with E-state index in [0.717, 1.165) is 27.9 Å². The van der Waals surface area contributed by atoms with E-state index in [-0.39, 0.29) is 6.61 Å². The Hall–Kier alpha value is -1.61. The predicted molar refractivity (Wildman–Crippen MR) is 59.0 cm³/mol. The molecule has 2 rings (SSSR count). The molecule has 0 spiro atoms. The van der Waals surface area contributed by atoms with Crippen LogP contribution in [0.25, 0.3) is 10.9 Å². The van der Waals surface area contributed by atoms with Crippen LogP contribution in [0.15, 0.2) is 24.3 Å². The number of benzene rings is 1. The standard InChI is InChI=1S/C12H13NO2/c1-8-6-9(7-14)10-4-3-5-11(15-2)12(10)13-8/h3-6,14H,7H2,1-2H3. The number of aryl methyl sites for hydroxylation is 1. The molecule has 3 nitrogen and oxygen atoms in total. The van der Waals surface area contributed by atoms with Gasteiger partial charge < -0.3 is 9.84 Å². The minimum Gasteiger partial charge on any atom is -0.494 e. The Morgan fingerprint density at radius 1 is 1.40 bits per heavy atom. The van der Waals surface area contributed by atoms with Crippen LogP contribution in [0.2, 0.25) is 0 Å². The van der Waals surface area contributed by atoms with Crippen molar-refractivity contribution in [1.29, 1.82) is 0 Å². The second-order valence-corrected chi connectivity index (χ2v) is 3.44. The van der Waals surface area contributed by atoms with Gasteiger partial charge in [0.2, 0.25) is 0 Å². The average molecular weight is 203 g/mol. The van der Waals surface area contributed by atoms with Crippen LogP contribution in [0, 0.1) is 6.92 Å². The van der Waals surface area contributed by atoms with Crippen LogP contribution in [0.1, 0.15) is 11.3 Å². The predicted octanol–water partition coefficient (Wildman–Crippen LogP) is 2.04. The summed E-state index contributed by atoms with van der Waals surface area (Å²) in [5.41, 5.74) is 2.58. The Morgan fingerprint density at radius 2 is 2.20 bits per heavy atom. The first-order valence-electron chi connectivity index (χ1n) is 4.80. The molecule has 1 aromatic carbocycles. The van der Waals surface area contributed by atoms with E-state index >= 15 is 0 Å². The van der Waals surface area contributed by atoms with E-state index in [1.165, 1.54) is 0 Å². The number of methoxy groups -OCH3 is 1. The Bertz CT molecular complexity index is 494. The summed E-state index contributed by atoms with van der Waals surface area (Å²) < 4.78 is 5.24. The van der Waals surface area contributed by atoms with Gasteiger partial charge in [0, 0.05) is 11.1 Å². The molecule has 2 aromatic rings. The molecule has 1 aromatic heterocycles. The van der Waals surface area contributed by atoms with Gasteiger partial charge in [-0.05, 0) is 24.6 Å². The van der Waals surface area contributed by atoms with Crippen molar-refractivity contribution in [1.82, 2.24) is 4.98 Å². The van der Waals surface area contributed by atoms with Crippen LogP contribution in [0.4, 0.5) is 0 Å². The maximum Gasteiger partial charge on any atom is 0.145 e. The lowest BCUT2D eigenvalue weighted by Crippen LogP contribution is -1.94. The highest BCUT2D eigenvalue weighted by Gasteiger charge is 2.07. The number of ether oxygens (including phenoxy) is 1. The molecule has 1 N–H and O–H groups in total. The van der Waals surface area contributed by atoms with E-state index in [1.54, 1.807) is 7.11 Å². The normalized spacial score (nSPS) is 10.6. The molecular formula is C12H13NO2. The van der Waals surface area contributed by atoms with Crippen LogP contribution < -0.4 is 4.74 Å². The van der Waals surface area contributed by atoms with Gasteiger partial charge in [0.25, 0.3) is 0 Å². The van der Waals surface area contributed by atoms with Crippen molar-refractivity contribution in [3.8, 4) is 5.75 Å². The number of hydrogen-bond acceptors (Lipinski definition) is 3. The maximum atomic E-state index is 9.26. The summed E-state index contributed by atoms with van der Waals surface area (Å²) in [6.45, 7) is 1.93. The molecule has 0 saturated carbocycles. The highest BCUT2D eigenvalue weighted by molar-refractivity contribution is 5.87. The van der Waals surface area contributed by atoms with Gasteiger partial charge >= 0.3 is 0 Å². The number of hydrogen-bond donors (Lipinski definition) is 1. The Balaban J connectivity index is 2.82. The third-order valence-electron chi connectivity index (χ3n) is 2.41. The van der Waals surface area contributed by atoms with Gasteiger partial charge in [-0.2, -0.15) is 0 Å². The largest absolute Gasteiger partial charge is 0.494 e. The average Bonchev–Trinajstić information content (AvgIpc) is 2.27. The molecule has 0 aliphatic heterocycles. The third-order valence-corrected chi connectivity index (χ3v) is 2.41. The van der Waals surface area contributed by atoms with Gasteiger partial charge in [0.1, 0.15) is 11.3 Å². The first-order chi connectivity index (χ1) is 7.26. The third kappa shape index (κ3) is 1.66. The van der Waals surface area contributed by atoms with Gasteiger partial charge in [-0.15, -0.1) is 0 Å². The fourth-order valence-electron chi connectivity index (χ4n) is 1.73. The zero-order chi connectivity index (χ0) is 10.8. The lowest BCUT2D eigenvalue weighted by Gasteiger charge is -2.08. The fraction of sp³-hybridized carbons (Fsp3) is 0.250. The number of nitrogens with zero attached hydrogens (tertiary/aromatic N) is 1. The number of rotatable bonds is 2. The number of aliphatic hydroxyl groups is 1. The molecule has 0 fully saturated rings. The summed E-state index contributed by atoms with van der Waals surface area (Å²) in [5, 5.41) is 10.2. The SMILES string of the molecule is COc1cccc2c(CO)cc(C)nc12. The molecule has 0 unspecified atom stereocenters. The molecule has 0 aliphatic carbocycles. The van der Waals surface area contributed by atoms with Gasteiger partial charge in [-0.1, -0.05) is 12.1 Å². The van der Waals surface area contributed by atoms with Gasteiger partial charge in [-0.25, -0.2) is 4.98 Å². The van der Waals surface area contributed by atoms with Crippen LogP contribution >= 0.6 is 0 Å². The minimum atomic E-state index is 0.0209. The van der Waals surface area contributed by atoms with Crippen molar-refractivity contribution in [2.75, 3.05) is 7.11 Å². The topological polar surface area (TPSA) is 42.4 Å². The van der Waals surface area contributed by atoms with Crippen LogP contribution in [-0.4, -0.2) is 17.2 Å². The maximum absolute atomic E-state index is 9.26. The zero-order valence-corrected chi connectivity index (χ0v) is 8.82. The molecule has 78 valence electrons. The Morgan fingerprint density at radius 3 is 2.87 bits per heavy atom. The van der Waals surface area contributed by atoms with Gasteiger partial charge in [0.15, 0.2) is 0 Å². The molecule has 0 bridgehead atoms. The zero-order valence-electron chi connectivity index (χ0n) is 8.82. The molecule has 1 heterocycles. The highest BCUT2D eigenvalue weighted by atomic mass is 16.5. The quantitative estimate of drug-likeness (QED) is 0.812. The smallest absolute Gasteiger partial charge is 0.145 e. The van der Waals surface area contributed by atoms with Gasteiger partial charge in [0.05, 0.1) is 13.7 Å². The summed E-state index contributed by atoms with van der Waals surface area (Å²) >= 11 is 0. The second-order valence-electron chi connectivity index (χ2n) is 3.44. The van der Waals surface area contributed by atoms with Crippen molar-refractivity contribution in [2.24, 2.45) is 0 Å². The fourth-order valence-corrected chi connectivity index (χ4v) is 1.73.